The second-order valence-corrected chi connectivity index (χ2v) is 12.7. The van der Waals surface area contributed by atoms with Gasteiger partial charge in [-0.15, -0.1) is 0 Å². The summed E-state index contributed by atoms with van der Waals surface area (Å²) in [7, 11) is 0. The minimum atomic E-state index is -0.357. The summed E-state index contributed by atoms with van der Waals surface area (Å²) >= 11 is 0. The van der Waals surface area contributed by atoms with Gasteiger partial charge in [0.05, 0.1) is 18.6 Å². The van der Waals surface area contributed by atoms with Crippen LogP contribution >= 0.6 is 0 Å². The lowest BCUT2D eigenvalue weighted by Gasteiger charge is -2.40. The van der Waals surface area contributed by atoms with E-state index in [1.54, 1.807) is 24.3 Å². The Kier molecular flexibility index (Phi) is 9.34. The third-order valence-corrected chi connectivity index (χ3v) is 9.70. The minimum Gasteiger partial charge on any atom is -0.378 e. The maximum Gasteiger partial charge on any atom is 0.323 e. The number of hydrogen-bond donors (Lipinski definition) is 2. The molecule has 0 unspecified atom stereocenters. The Bertz CT molecular complexity index is 1680. The number of morpholine rings is 1. The SMILES string of the molecule is CCn1ccc2c(N3CCOCC3)nc(-c3ccc(NC(=O)Nc4ccc(C(=O)N5CCC(N6CCCCC6)CC5)cc4)cc3)nc21. The van der Waals surface area contributed by atoms with Crippen molar-refractivity contribution in [2.45, 2.75) is 51.6 Å². The molecule has 0 atom stereocenters. The molecule has 7 rings (SSSR count). The number of amides is 3. The molecule has 0 spiro atoms. The molecule has 246 valence electrons. The van der Waals surface area contributed by atoms with Crippen LogP contribution in [0.25, 0.3) is 22.4 Å². The van der Waals surface area contributed by atoms with Crippen LogP contribution in [0.4, 0.5) is 22.0 Å². The summed E-state index contributed by atoms with van der Waals surface area (Å²) in [5.41, 5.74) is 3.69. The van der Waals surface area contributed by atoms with Crippen molar-refractivity contribution in [1.29, 1.82) is 0 Å². The zero-order valence-electron chi connectivity index (χ0n) is 27.2. The van der Waals surface area contributed by atoms with Crippen molar-refractivity contribution in [2.24, 2.45) is 0 Å². The van der Waals surface area contributed by atoms with Crippen LogP contribution in [0.1, 0.15) is 49.4 Å². The molecule has 2 N–H and O–H groups in total. The Hall–Kier alpha value is -4.48. The molecule has 5 heterocycles. The van der Waals surface area contributed by atoms with Crippen LogP contribution in [0, 0.1) is 0 Å². The lowest BCUT2D eigenvalue weighted by molar-refractivity contribution is 0.0590. The summed E-state index contributed by atoms with van der Waals surface area (Å²) in [5, 5.41) is 6.81. The number of nitrogens with one attached hydrogen (secondary N) is 2. The van der Waals surface area contributed by atoms with Gasteiger partial charge >= 0.3 is 6.03 Å². The van der Waals surface area contributed by atoms with E-state index in [0.29, 0.717) is 42.0 Å². The van der Waals surface area contributed by atoms with E-state index < -0.39 is 0 Å². The smallest absolute Gasteiger partial charge is 0.323 e. The molecule has 0 radical (unpaired) electrons. The number of carbonyl (C=O) groups is 2. The molecule has 0 saturated carbocycles. The van der Waals surface area contributed by atoms with Crippen LogP contribution < -0.4 is 15.5 Å². The number of nitrogens with zero attached hydrogens (tertiary/aromatic N) is 6. The van der Waals surface area contributed by atoms with E-state index in [0.717, 1.165) is 68.0 Å². The highest BCUT2D eigenvalue weighted by atomic mass is 16.5. The van der Waals surface area contributed by atoms with Crippen molar-refractivity contribution < 1.29 is 14.3 Å². The van der Waals surface area contributed by atoms with Crippen molar-refractivity contribution in [3.63, 3.8) is 0 Å². The molecule has 3 fully saturated rings. The average molecular weight is 637 g/mol. The number of fused-ring (bicyclic) bond motifs is 1. The van der Waals surface area contributed by atoms with E-state index in [1.165, 1.54) is 32.4 Å². The molecular weight excluding hydrogens is 592 g/mol. The van der Waals surface area contributed by atoms with Gasteiger partial charge in [-0.3, -0.25) is 4.79 Å². The normalized spacial score (nSPS) is 18.0. The summed E-state index contributed by atoms with van der Waals surface area (Å²) in [6.45, 7) is 9.84. The van der Waals surface area contributed by atoms with Gasteiger partial charge in [0.25, 0.3) is 5.91 Å². The number of piperidine rings is 2. The van der Waals surface area contributed by atoms with E-state index >= 15 is 0 Å². The first-order valence-electron chi connectivity index (χ1n) is 17.1. The van der Waals surface area contributed by atoms with Gasteiger partial charge < -0.3 is 34.6 Å². The molecule has 4 aromatic rings. The van der Waals surface area contributed by atoms with Crippen LogP contribution in [-0.2, 0) is 11.3 Å². The number of rotatable bonds is 7. The highest BCUT2D eigenvalue weighted by Gasteiger charge is 2.28. The summed E-state index contributed by atoms with van der Waals surface area (Å²) in [6.07, 6.45) is 8.06. The van der Waals surface area contributed by atoms with E-state index in [4.69, 9.17) is 14.7 Å². The molecule has 47 heavy (non-hydrogen) atoms. The molecule has 0 bridgehead atoms. The second-order valence-electron chi connectivity index (χ2n) is 12.7. The zero-order chi connectivity index (χ0) is 32.2. The second kappa shape index (κ2) is 14.1. The first kappa shape index (κ1) is 31.1. The quantitative estimate of drug-likeness (QED) is 0.268. The highest BCUT2D eigenvalue weighted by molar-refractivity contribution is 6.00. The fourth-order valence-electron chi connectivity index (χ4n) is 7.04. The number of hydrogen-bond acceptors (Lipinski definition) is 7. The maximum atomic E-state index is 13.2. The van der Waals surface area contributed by atoms with E-state index in [1.807, 2.05) is 29.2 Å². The van der Waals surface area contributed by atoms with Crippen molar-refractivity contribution in [3.8, 4) is 11.4 Å². The third kappa shape index (κ3) is 6.96. The summed E-state index contributed by atoms with van der Waals surface area (Å²) < 4.78 is 7.70. The minimum absolute atomic E-state index is 0.0567. The third-order valence-electron chi connectivity index (χ3n) is 9.70. The van der Waals surface area contributed by atoms with Crippen LogP contribution in [-0.4, -0.2) is 94.8 Å². The molecule has 3 aliphatic rings. The molecule has 3 saturated heterocycles. The molecule has 0 aliphatic carbocycles. The van der Waals surface area contributed by atoms with E-state index in [2.05, 4.69) is 44.2 Å². The number of carbonyl (C=O) groups excluding carboxylic acids is 2. The van der Waals surface area contributed by atoms with Gasteiger partial charge in [-0.1, -0.05) is 6.42 Å². The Labute approximate surface area is 275 Å². The molecule has 3 aliphatic heterocycles. The average Bonchev–Trinajstić information content (AvgIpc) is 3.55. The van der Waals surface area contributed by atoms with Gasteiger partial charge in [-0.25, -0.2) is 14.8 Å². The molecule has 2 aromatic heterocycles. The number of urea groups is 1. The van der Waals surface area contributed by atoms with Crippen LogP contribution in [0.3, 0.4) is 0 Å². The molecule has 3 amide bonds. The number of ether oxygens (including phenoxy) is 1. The topological polar surface area (TPSA) is 108 Å². The van der Waals surface area contributed by atoms with Gasteiger partial charge in [0.1, 0.15) is 11.5 Å². The summed E-state index contributed by atoms with van der Waals surface area (Å²) in [6, 6.07) is 17.0. The predicted octanol–water partition coefficient (Wildman–Crippen LogP) is 5.69. The lowest BCUT2D eigenvalue weighted by atomic mass is 9.99. The largest absolute Gasteiger partial charge is 0.378 e. The maximum absolute atomic E-state index is 13.2. The Morgan fingerprint density at radius 2 is 1.47 bits per heavy atom. The number of anilines is 3. The van der Waals surface area contributed by atoms with Gasteiger partial charge in [0, 0.05) is 67.5 Å². The molecular formula is C36H44N8O3. The van der Waals surface area contributed by atoms with Gasteiger partial charge in [-0.05, 0) is 100 Å². The van der Waals surface area contributed by atoms with Crippen LogP contribution in [0.5, 0.6) is 0 Å². The van der Waals surface area contributed by atoms with E-state index in [-0.39, 0.29) is 11.9 Å². The molecule has 2 aromatic carbocycles. The van der Waals surface area contributed by atoms with Crippen molar-refractivity contribution >= 4 is 40.2 Å². The van der Waals surface area contributed by atoms with E-state index in [9.17, 15) is 9.59 Å². The van der Waals surface area contributed by atoms with Gasteiger partial charge in [0.2, 0.25) is 0 Å². The van der Waals surface area contributed by atoms with Gasteiger partial charge in [-0.2, -0.15) is 0 Å². The van der Waals surface area contributed by atoms with Crippen molar-refractivity contribution in [3.05, 3.63) is 66.4 Å². The standard InChI is InChI=1S/C36H44N8O3/c1-2-41-21-16-31-33(41)39-32(40-34(31)43-22-24-47-25-23-43)26-6-10-28(11-7-26)37-36(46)38-29-12-8-27(9-13-29)35(45)44-19-14-30(15-20-44)42-17-4-3-5-18-42/h6-13,16,21,30H,2-5,14-15,17-20,22-25H2,1H3,(H2,37,38,46). The number of aryl methyl sites for hydroxylation is 1. The summed E-state index contributed by atoms with van der Waals surface area (Å²) in [4.78, 5) is 42.7. The predicted molar refractivity (Wildman–Crippen MR) is 185 cm³/mol. The Morgan fingerprint density at radius 3 is 2.13 bits per heavy atom. The monoisotopic (exact) mass is 636 g/mol. The van der Waals surface area contributed by atoms with Crippen LogP contribution in [0.2, 0.25) is 0 Å². The fourth-order valence-corrected chi connectivity index (χ4v) is 7.04. The first-order valence-corrected chi connectivity index (χ1v) is 17.1. The highest BCUT2D eigenvalue weighted by Crippen LogP contribution is 2.30. The van der Waals surface area contributed by atoms with Crippen molar-refractivity contribution in [2.75, 3.05) is 68.0 Å². The first-order chi connectivity index (χ1) is 23.1. The summed E-state index contributed by atoms with van der Waals surface area (Å²) in [5.74, 6) is 1.62. The Balaban J connectivity index is 0.956. The molecule has 11 nitrogen and oxygen atoms in total. The number of aromatic nitrogens is 3. The molecule has 11 heteroatoms. The lowest BCUT2D eigenvalue weighted by Crippen LogP contribution is -2.48. The van der Waals surface area contributed by atoms with Crippen molar-refractivity contribution in [1.82, 2.24) is 24.3 Å². The number of likely N-dealkylation sites (tertiary alicyclic amines) is 2. The fraction of sp³-hybridized carbons (Fsp3) is 0.444. The Morgan fingerprint density at radius 1 is 0.809 bits per heavy atom. The van der Waals surface area contributed by atoms with Gasteiger partial charge in [0.15, 0.2) is 5.82 Å². The zero-order valence-corrected chi connectivity index (χ0v) is 27.2. The number of benzene rings is 2. The van der Waals surface area contributed by atoms with Crippen LogP contribution in [0.15, 0.2) is 60.8 Å².